The molecule has 0 aliphatic carbocycles. The number of aryl methyl sites for hydroxylation is 2. The van der Waals surface area contributed by atoms with Crippen LogP contribution in [0.4, 0.5) is 11.4 Å². The number of para-hydroxylation sites is 2. The van der Waals surface area contributed by atoms with Crippen LogP contribution in [-0.2, 0) is 24.8 Å². The molecule has 0 fully saturated rings. The summed E-state index contributed by atoms with van der Waals surface area (Å²) >= 11 is 0. The van der Waals surface area contributed by atoms with Gasteiger partial charge in [-0.15, -0.1) is 0 Å². The average Bonchev–Trinajstić information content (AvgIpc) is 3.34. The lowest BCUT2D eigenvalue weighted by atomic mass is 9.80. The van der Waals surface area contributed by atoms with Crippen molar-refractivity contribution in [2.45, 2.75) is 44.6 Å². The maximum absolute atomic E-state index is 13.5. The molecule has 0 aromatic heterocycles. The third kappa shape index (κ3) is 3.89. The predicted molar refractivity (Wildman–Crippen MR) is 148 cm³/mol. The van der Waals surface area contributed by atoms with E-state index in [0.717, 1.165) is 49.9 Å². The van der Waals surface area contributed by atoms with Gasteiger partial charge in [0.05, 0.1) is 5.54 Å². The Morgan fingerprint density at radius 2 is 1.50 bits per heavy atom. The molecule has 0 radical (unpaired) electrons. The molecule has 2 aliphatic rings. The minimum Gasteiger partial charge on any atom is -0.371 e. The average molecular weight is 473 g/mol. The minimum atomic E-state index is -0.353. The van der Waals surface area contributed by atoms with Gasteiger partial charge in [-0.3, -0.25) is 4.79 Å². The van der Waals surface area contributed by atoms with E-state index in [1.54, 1.807) is 0 Å². The van der Waals surface area contributed by atoms with Gasteiger partial charge in [0.2, 0.25) is 0 Å². The summed E-state index contributed by atoms with van der Waals surface area (Å²) in [7, 11) is 0. The molecule has 6 rings (SSSR count). The second-order valence-electron chi connectivity index (χ2n) is 10.1. The number of fused-ring (bicyclic) bond motifs is 2. The Hall–Kier alpha value is -3.85. The Labute approximate surface area is 213 Å². The van der Waals surface area contributed by atoms with Crippen molar-refractivity contribution in [1.29, 1.82) is 0 Å². The molecule has 3 heteroatoms. The van der Waals surface area contributed by atoms with E-state index in [0.29, 0.717) is 0 Å². The Morgan fingerprint density at radius 3 is 2.22 bits per heavy atom. The van der Waals surface area contributed by atoms with Gasteiger partial charge in [-0.25, -0.2) is 0 Å². The Bertz CT molecular complexity index is 1360. The lowest BCUT2D eigenvalue weighted by molar-refractivity contribution is 0.0985. The van der Waals surface area contributed by atoms with Crippen molar-refractivity contribution in [1.82, 2.24) is 0 Å². The molecule has 1 N–H and O–H groups in total. The number of amides is 1. The molecule has 180 valence electrons. The van der Waals surface area contributed by atoms with Gasteiger partial charge < -0.3 is 10.2 Å². The summed E-state index contributed by atoms with van der Waals surface area (Å²) in [6.07, 6.45) is 5.15. The van der Waals surface area contributed by atoms with E-state index in [4.69, 9.17) is 0 Å². The number of rotatable bonds is 5. The van der Waals surface area contributed by atoms with Crippen molar-refractivity contribution in [2.24, 2.45) is 0 Å². The predicted octanol–water partition coefficient (Wildman–Crippen LogP) is 7.14. The van der Waals surface area contributed by atoms with Crippen LogP contribution in [0, 0.1) is 0 Å². The topological polar surface area (TPSA) is 32.3 Å². The van der Waals surface area contributed by atoms with E-state index in [-0.39, 0.29) is 11.4 Å². The Kier molecular flexibility index (Phi) is 5.85. The number of hydrogen-bond acceptors (Lipinski definition) is 2. The van der Waals surface area contributed by atoms with Crippen molar-refractivity contribution >= 4 is 17.3 Å². The smallest absolute Gasteiger partial charge is 0.258 e. The van der Waals surface area contributed by atoms with Gasteiger partial charge in [-0.05, 0) is 71.3 Å². The van der Waals surface area contributed by atoms with Crippen LogP contribution >= 0.6 is 0 Å². The molecule has 3 nitrogen and oxygen atoms in total. The molecule has 1 amide bonds. The van der Waals surface area contributed by atoms with Crippen molar-refractivity contribution in [2.75, 3.05) is 16.8 Å². The van der Waals surface area contributed by atoms with Gasteiger partial charge in [0, 0.05) is 29.9 Å². The highest BCUT2D eigenvalue weighted by atomic mass is 16.2. The highest BCUT2D eigenvalue weighted by Crippen LogP contribution is 2.44. The molecule has 1 atom stereocenters. The number of benzene rings is 4. The first kappa shape index (κ1) is 22.6. The number of hydrogen-bond donors (Lipinski definition) is 1. The van der Waals surface area contributed by atoms with E-state index in [1.165, 1.54) is 33.5 Å². The first-order valence-electron chi connectivity index (χ1n) is 13.1. The minimum absolute atomic E-state index is 0.0781. The molecule has 0 spiro atoms. The van der Waals surface area contributed by atoms with Gasteiger partial charge >= 0.3 is 0 Å². The normalized spacial score (nSPS) is 18.3. The highest BCUT2D eigenvalue weighted by molar-refractivity contribution is 6.06. The molecule has 2 aliphatic heterocycles. The number of anilines is 2. The second kappa shape index (κ2) is 9.31. The summed E-state index contributed by atoms with van der Waals surface area (Å²) < 4.78 is 0. The summed E-state index contributed by atoms with van der Waals surface area (Å²) in [6.45, 7) is 2.98. The third-order valence-electron chi connectivity index (χ3n) is 7.79. The number of carbonyl (C=O) groups is 1. The summed E-state index contributed by atoms with van der Waals surface area (Å²) in [5.41, 5.74) is 8.99. The monoisotopic (exact) mass is 472 g/mol. The fourth-order valence-electron chi connectivity index (χ4n) is 5.91. The summed E-state index contributed by atoms with van der Waals surface area (Å²) in [5, 5.41) is 3.86. The zero-order chi connectivity index (χ0) is 24.5. The molecule has 4 aromatic rings. The second-order valence-corrected chi connectivity index (χ2v) is 10.1. The lowest BCUT2D eigenvalue weighted by Crippen LogP contribution is -2.36. The lowest BCUT2D eigenvalue weighted by Gasteiger charge is -2.33. The van der Waals surface area contributed by atoms with E-state index < -0.39 is 0 Å². The van der Waals surface area contributed by atoms with Crippen molar-refractivity contribution in [3.8, 4) is 0 Å². The summed E-state index contributed by atoms with van der Waals surface area (Å²) in [6, 6.07) is 34.2. The molecule has 0 saturated heterocycles. The zero-order valence-electron chi connectivity index (χ0n) is 20.8. The first-order chi connectivity index (χ1) is 17.7. The fraction of sp³-hybridized carbons (Fsp3) is 0.242. The van der Waals surface area contributed by atoms with Gasteiger partial charge in [0.15, 0.2) is 0 Å². The van der Waals surface area contributed by atoms with Crippen LogP contribution in [0.25, 0.3) is 0 Å². The number of nitrogens with zero attached hydrogens (tertiary/aromatic N) is 1. The van der Waals surface area contributed by atoms with Crippen LogP contribution in [0.2, 0.25) is 0 Å². The van der Waals surface area contributed by atoms with Crippen molar-refractivity contribution in [3.63, 3.8) is 0 Å². The van der Waals surface area contributed by atoms with E-state index in [2.05, 4.69) is 91.1 Å². The molecule has 4 aromatic carbocycles. The van der Waals surface area contributed by atoms with Crippen LogP contribution in [0.15, 0.2) is 97.1 Å². The maximum atomic E-state index is 13.5. The highest BCUT2D eigenvalue weighted by Gasteiger charge is 2.40. The van der Waals surface area contributed by atoms with Crippen LogP contribution in [0.5, 0.6) is 0 Å². The summed E-state index contributed by atoms with van der Waals surface area (Å²) in [5.74, 6) is 0.0781. The Morgan fingerprint density at radius 1 is 0.833 bits per heavy atom. The van der Waals surface area contributed by atoms with Gasteiger partial charge in [0.25, 0.3) is 5.91 Å². The molecule has 36 heavy (non-hydrogen) atoms. The van der Waals surface area contributed by atoms with Gasteiger partial charge in [-0.1, -0.05) is 86.1 Å². The van der Waals surface area contributed by atoms with Crippen molar-refractivity contribution in [3.05, 3.63) is 130 Å². The molecular weight excluding hydrogens is 440 g/mol. The molecule has 2 heterocycles. The van der Waals surface area contributed by atoms with Crippen LogP contribution in [0.1, 0.15) is 57.9 Å². The summed E-state index contributed by atoms with van der Waals surface area (Å²) in [4.78, 5) is 15.5. The molecular formula is C33H32N2O. The zero-order valence-corrected chi connectivity index (χ0v) is 20.8. The maximum Gasteiger partial charge on any atom is 0.258 e. The first-order valence-corrected chi connectivity index (χ1v) is 13.1. The molecule has 1 unspecified atom stereocenters. The van der Waals surface area contributed by atoms with Gasteiger partial charge in [0.1, 0.15) is 0 Å². The van der Waals surface area contributed by atoms with Crippen LogP contribution in [0.3, 0.4) is 0 Å². The Balaban J connectivity index is 1.35. The molecule has 0 saturated carbocycles. The van der Waals surface area contributed by atoms with Crippen LogP contribution < -0.4 is 10.2 Å². The largest absolute Gasteiger partial charge is 0.371 e. The van der Waals surface area contributed by atoms with E-state index in [1.807, 2.05) is 23.1 Å². The fourth-order valence-corrected chi connectivity index (χ4v) is 5.91. The van der Waals surface area contributed by atoms with E-state index >= 15 is 0 Å². The quantitative estimate of drug-likeness (QED) is 0.335. The molecule has 0 bridgehead atoms. The third-order valence-corrected chi connectivity index (χ3v) is 7.79. The standard InChI is InChI=1S/C33H32N2O/c1-2-8-24-14-18-28(19-15-24)33(23-27-10-3-5-12-30(27)34-33)29-20-16-26(17-21-29)32(36)35-22-7-11-25-9-4-6-13-31(25)35/h3-6,9-10,12-21,34H,2,7-8,11,22-23H2,1H3. The van der Waals surface area contributed by atoms with Gasteiger partial charge in [-0.2, -0.15) is 0 Å². The van der Waals surface area contributed by atoms with E-state index in [9.17, 15) is 4.79 Å². The number of carbonyl (C=O) groups excluding carboxylic acids is 1. The van der Waals surface area contributed by atoms with Crippen molar-refractivity contribution < 1.29 is 4.79 Å². The van der Waals surface area contributed by atoms with Crippen LogP contribution in [-0.4, -0.2) is 12.5 Å². The number of nitrogens with one attached hydrogen (secondary N) is 1. The SMILES string of the molecule is CCCc1ccc(C2(c3ccc(C(=O)N4CCCc5ccccc54)cc3)Cc3ccccc3N2)cc1.